The standard InChI is InChI=1S/C30H32F3N5O3S/c31-21-3-7-23(8-4-21)38-18-26(20-1-5-22(6-2-20)37-13-15-42(40,41)16-14-37)27(36-38)24-9-10-30(32,33)17-25(24)28(39)35-29(19-34)11-12-29/h1-8,18,24-25,40-41H,9-17H2,(H,35,39)/t24-,25-/m0/s1. The molecule has 3 aromatic rings. The monoisotopic (exact) mass is 599 g/mol. The number of aromatic nitrogens is 2. The highest BCUT2D eigenvalue weighted by molar-refractivity contribution is 8.24. The number of nitrogens with one attached hydrogen (secondary N) is 1. The molecule has 6 rings (SSSR count). The number of hydrogen-bond acceptors (Lipinski definition) is 6. The second kappa shape index (κ2) is 10.6. The van der Waals surface area contributed by atoms with Crippen molar-refractivity contribution in [3.8, 4) is 22.9 Å². The van der Waals surface area contributed by atoms with Crippen LogP contribution in [-0.2, 0) is 4.79 Å². The van der Waals surface area contributed by atoms with E-state index in [1.165, 1.54) is 12.1 Å². The summed E-state index contributed by atoms with van der Waals surface area (Å²) in [5.74, 6) is -5.06. The highest BCUT2D eigenvalue weighted by Gasteiger charge is 2.51. The number of benzene rings is 2. The molecule has 3 fully saturated rings. The molecular formula is C30H32F3N5O3S. The van der Waals surface area contributed by atoms with E-state index >= 15 is 0 Å². The van der Waals surface area contributed by atoms with Gasteiger partial charge in [-0.1, -0.05) is 12.1 Å². The lowest BCUT2D eigenvalue weighted by molar-refractivity contribution is -0.134. The number of nitrogens with zero attached hydrogens (tertiary/aromatic N) is 4. The fourth-order valence-corrected chi connectivity index (χ4v) is 7.13. The van der Waals surface area contributed by atoms with E-state index in [1.54, 1.807) is 23.0 Å². The van der Waals surface area contributed by atoms with E-state index < -0.39 is 52.0 Å². The van der Waals surface area contributed by atoms with Gasteiger partial charge in [0.25, 0.3) is 0 Å². The zero-order chi connectivity index (χ0) is 29.7. The second-order valence-electron chi connectivity index (χ2n) is 11.6. The lowest BCUT2D eigenvalue weighted by atomic mass is 9.74. The van der Waals surface area contributed by atoms with Crippen LogP contribution < -0.4 is 10.2 Å². The van der Waals surface area contributed by atoms with Crippen molar-refractivity contribution in [2.45, 2.75) is 49.5 Å². The van der Waals surface area contributed by atoms with E-state index in [2.05, 4.69) is 16.3 Å². The van der Waals surface area contributed by atoms with Crippen LogP contribution in [0.2, 0.25) is 0 Å². The lowest BCUT2D eigenvalue weighted by Crippen LogP contribution is -2.45. The molecule has 1 aromatic heterocycles. The SMILES string of the molecule is N#CC1(NC(=O)[C@H]2CC(F)(F)CC[C@@H]2c2nn(-c3ccc(F)cc3)cc2-c2ccc(N3CCS(O)(O)CC3)cc2)CC1. The fourth-order valence-electron chi connectivity index (χ4n) is 5.90. The highest BCUT2D eigenvalue weighted by Crippen LogP contribution is 2.48. The molecule has 222 valence electrons. The van der Waals surface area contributed by atoms with Crippen LogP contribution in [0.5, 0.6) is 0 Å². The fraction of sp³-hybridized carbons (Fsp3) is 0.433. The molecular weight excluding hydrogens is 567 g/mol. The van der Waals surface area contributed by atoms with E-state index in [0.717, 1.165) is 11.3 Å². The van der Waals surface area contributed by atoms with Gasteiger partial charge >= 0.3 is 0 Å². The molecule has 2 aliphatic carbocycles. The summed E-state index contributed by atoms with van der Waals surface area (Å²) in [6, 6.07) is 15.5. The molecule has 1 aliphatic heterocycles. The third-order valence-corrected chi connectivity index (χ3v) is 10.3. The molecule has 2 heterocycles. The first-order valence-electron chi connectivity index (χ1n) is 14.0. The first-order chi connectivity index (χ1) is 20.0. The van der Waals surface area contributed by atoms with Gasteiger partial charge in [0, 0.05) is 49.3 Å². The number of hydrogen-bond donors (Lipinski definition) is 3. The van der Waals surface area contributed by atoms with Crippen LogP contribution in [0.15, 0.2) is 54.7 Å². The number of amides is 1. The minimum atomic E-state index is -3.01. The summed E-state index contributed by atoms with van der Waals surface area (Å²) in [5.41, 5.74) is 2.46. The summed E-state index contributed by atoms with van der Waals surface area (Å²) in [4.78, 5) is 15.5. The maximum absolute atomic E-state index is 14.7. The van der Waals surface area contributed by atoms with Gasteiger partial charge in [0.15, 0.2) is 0 Å². The van der Waals surface area contributed by atoms with E-state index in [0.29, 0.717) is 54.4 Å². The first-order valence-corrected chi connectivity index (χ1v) is 15.9. The van der Waals surface area contributed by atoms with Crippen molar-refractivity contribution in [3.63, 3.8) is 0 Å². The number of halogens is 3. The number of alkyl halides is 2. The zero-order valence-corrected chi connectivity index (χ0v) is 23.7. The Labute approximate surface area is 243 Å². The van der Waals surface area contributed by atoms with E-state index in [4.69, 9.17) is 5.10 Å². The number of carbonyl (C=O) groups excluding carboxylic acids is 1. The predicted octanol–water partition coefficient (Wildman–Crippen LogP) is 5.94. The topological polar surface area (TPSA) is 114 Å². The van der Waals surface area contributed by atoms with Crippen molar-refractivity contribution in [1.29, 1.82) is 5.26 Å². The Morgan fingerprint density at radius 1 is 1.02 bits per heavy atom. The van der Waals surface area contributed by atoms with Crippen molar-refractivity contribution in [3.05, 3.63) is 66.2 Å². The van der Waals surface area contributed by atoms with Crippen LogP contribution in [-0.4, -0.2) is 60.8 Å². The van der Waals surface area contributed by atoms with E-state index in [1.807, 2.05) is 24.3 Å². The van der Waals surface area contributed by atoms with Gasteiger partial charge in [-0.2, -0.15) is 21.0 Å². The van der Waals surface area contributed by atoms with Crippen LogP contribution in [0.25, 0.3) is 16.8 Å². The van der Waals surface area contributed by atoms with Gasteiger partial charge in [0.2, 0.25) is 11.8 Å². The molecule has 2 saturated carbocycles. The molecule has 1 amide bonds. The van der Waals surface area contributed by atoms with Crippen LogP contribution in [0, 0.1) is 23.1 Å². The van der Waals surface area contributed by atoms with Crippen molar-refractivity contribution < 1.29 is 27.1 Å². The minimum absolute atomic E-state index is 0.0380. The number of nitriles is 1. The molecule has 3 N–H and O–H groups in total. The molecule has 12 heteroatoms. The van der Waals surface area contributed by atoms with E-state index in [-0.39, 0.29) is 12.8 Å². The molecule has 2 aromatic carbocycles. The average molecular weight is 600 g/mol. The molecule has 0 radical (unpaired) electrons. The molecule has 42 heavy (non-hydrogen) atoms. The van der Waals surface area contributed by atoms with Crippen LogP contribution in [0.1, 0.15) is 43.7 Å². The van der Waals surface area contributed by atoms with Gasteiger partial charge in [0.05, 0.1) is 34.9 Å². The van der Waals surface area contributed by atoms with Crippen LogP contribution in [0.3, 0.4) is 0 Å². The van der Waals surface area contributed by atoms with Gasteiger partial charge in [-0.25, -0.2) is 17.9 Å². The number of rotatable bonds is 6. The maximum atomic E-state index is 14.7. The third-order valence-electron chi connectivity index (χ3n) is 8.59. The molecule has 8 nitrogen and oxygen atoms in total. The Morgan fingerprint density at radius 2 is 1.67 bits per heavy atom. The van der Waals surface area contributed by atoms with Gasteiger partial charge in [-0.05, 0) is 61.2 Å². The molecule has 3 aliphatic rings. The summed E-state index contributed by atoms with van der Waals surface area (Å²) in [6.45, 7) is 1.04. The Morgan fingerprint density at radius 3 is 2.29 bits per heavy atom. The van der Waals surface area contributed by atoms with E-state index in [9.17, 15) is 32.3 Å². The summed E-state index contributed by atoms with van der Waals surface area (Å²) in [5, 5.41) is 17.0. The van der Waals surface area contributed by atoms with Crippen LogP contribution in [0.4, 0.5) is 18.9 Å². The van der Waals surface area contributed by atoms with Crippen molar-refractivity contribution in [2.24, 2.45) is 5.92 Å². The Balaban J connectivity index is 1.36. The molecule has 0 spiro atoms. The van der Waals surface area contributed by atoms with Gasteiger partial charge in [-0.15, -0.1) is 0 Å². The Kier molecular flexibility index (Phi) is 7.23. The molecule has 1 saturated heterocycles. The Hall–Kier alpha value is -3.53. The summed E-state index contributed by atoms with van der Waals surface area (Å²) in [6.07, 6.45) is 1.77. The number of anilines is 1. The minimum Gasteiger partial charge on any atom is -0.368 e. The smallest absolute Gasteiger partial charge is 0.249 e. The van der Waals surface area contributed by atoms with Crippen molar-refractivity contribution in [2.75, 3.05) is 29.5 Å². The normalized spacial score (nSPS) is 24.8. The third kappa shape index (κ3) is 5.86. The Bertz CT molecular complexity index is 1510. The molecule has 0 bridgehead atoms. The first kappa shape index (κ1) is 28.6. The summed E-state index contributed by atoms with van der Waals surface area (Å²) in [7, 11) is -2.53. The zero-order valence-electron chi connectivity index (χ0n) is 22.8. The largest absolute Gasteiger partial charge is 0.368 e. The van der Waals surface area contributed by atoms with Crippen molar-refractivity contribution in [1.82, 2.24) is 15.1 Å². The number of carbonyl (C=O) groups is 1. The molecule has 0 unspecified atom stereocenters. The van der Waals surface area contributed by atoms with Crippen molar-refractivity contribution >= 4 is 22.2 Å². The second-order valence-corrected chi connectivity index (χ2v) is 14.0. The van der Waals surface area contributed by atoms with Crippen LogP contribution >= 0.6 is 10.6 Å². The maximum Gasteiger partial charge on any atom is 0.249 e. The highest BCUT2D eigenvalue weighted by atomic mass is 32.3. The molecule has 2 atom stereocenters. The summed E-state index contributed by atoms with van der Waals surface area (Å²) < 4.78 is 64.5. The summed E-state index contributed by atoms with van der Waals surface area (Å²) >= 11 is 0. The predicted molar refractivity (Wildman–Crippen MR) is 155 cm³/mol. The lowest BCUT2D eigenvalue weighted by Gasteiger charge is -2.41. The average Bonchev–Trinajstić information content (AvgIpc) is 3.60. The van der Waals surface area contributed by atoms with Gasteiger partial charge in [0.1, 0.15) is 11.4 Å². The quantitative estimate of drug-likeness (QED) is 0.323. The van der Waals surface area contributed by atoms with Gasteiger partial charge < -0.3 is 10.2 Å². The van der Waals surface area contributed by atoms with Gasteiger partial charge in [-0.3, -0.25) is 13.9 Å².